The topological polar surface area (TPSA) is 122 Å². The van der Waals surface area contributed by atoms with Gasteiger partial charge in [0.25, 0.3) is 17.7 Å². The average Bonchev–Trinajstić information content (AvgIpc) is 2.93. The Morgan fingerprint density at radius 3 is 2.31 bits per heavy atom. The normalized spacial score (nSPS) is 12.8. The summed E-state index contributed by atoms with van der Waals surface area (Å²) < 4.78 is 4.74. The van der Waals surface area contributed by atoms with Crippen LogP contribution in [-0.2, 0) is 14.3 Å². The molecule has 1 aromatic rings. The van der Waals surface area contributed by atoms with Crippen LogP contribution in [0.4, 0.5) is 0 Å². The molecule has 0 saturated heterocycles. The van der Waals surface area contributed by atoms with Gasteiger partial charge in [-0.2, -0.15) is 0 Å². The number of imide groups is 1. The van der Waals surface area contributed by atoms with E-state index >= 15 is 0 Å². The van der Waals surface area contributed by atoms with E-state index in [2.05, 4.69) is 10.6 Å². The van der Waals surface area contributed by atoms with E-state index in [0.717, 1.165) is 4.90 Å². The fourth-order valence-electron chi connectivity index (χ4n) is 2.89. The molecule has 0 saturated carbocycles. The molecule has 2 N–H and O–H groups in total. The van der Waals surface area contributed by atoms with Gasteiger partial charge in [0.15, 0.2) is 0 Å². The number of rotatable bonds is 9. The van der Waals surface area contributed by atoms with Gasteiger partial charge < -0.3 is 15.4 Å². The van der Waals surface area contributed by atoms with E-state index < -0.39 is 17.8 Å². The Morgan fingerprint density at radius 2 is 1.66 bits per heavy atom. The van der Waals surface area contributed by atoms with Crippen LogP contribution in [0.3, 0.4) is 0 Å². The van der Waals surface area contributed by atoms with E-state index in [0.29, 0.717) is 0 Å². The first-order valence-corrected chi connectivity index (χ1v) is 9.48. The number of amides is 4. The van der Waals surface area contributed by atoms with Crippen molar-refractivity contribution in [2.24, 2.45) is 0 Å². The van der Waals surface area contributed by atoms with Gasteiger partial charge in [-0.25, -0.2) is 0 Å². The molecular formula is C20H25N3O6. The molecule has 9 nitrogen and oxygen atoms in total. The van der Waals surface area contributed by atoms with Gasteiger partial charge >= 0.3 is 5.97 Å². The Balaban J connectivity index is 1.83. The molecule has 0 aromatic heterocycles. The van der Waals surface area contributed by atoms with Crippen molar-refractivity contribution in [1.82, 2.24) is 15.5 Å². The molecule has 29 heavy (non-hydrogen) atoms. The predicted octanol–water partition coefficient (Wildman–Crippen LogP) is 0.880. The van der Waals surface area contributed by atoms with E-state index in [1.165, 1.54) is 18.2 Å². The Kier molecular flexibility index (Phi) is 7.46. The lowest BCUT2D eigenvalue weighted by molar-refractivity contribution is -0.144. The number of ether oxygens (including phenoxy) is 1. The second-order valence-electron chi connectivity index (χ2n) is 6.75. The fraction of sp³-hybridized carbons (Fsp3) is 0.450. The number of carbonyl (C=O) groups excluding carboxylic acids is 5. The van der Waals surface area contributed by atoms with Gasteiger partial charge in [-0.15, -0.1) is 0 Å². The summed E-state index contributed by atoms with van der Waals surface area (Å²) >= 11 is 0. The number of fused-ring (bicyclic) bond motifs is 1. The number of hydrogen-bond acceptors (Lipinski definition) is 6. The first kappa shape index (κ1) is 22.1. The van der Waals surface area contributed by atoms with Crippen molar-refractivity contribution in [2.45, 2.75) is 39.7 Å². The van der Waals surface area contributed by atoms with Crippen LogP contribution in [0, 0.1) is 0 Å². The average molecular weight is 403 g/mol. The van der Waals surface area contributed by atoms with Crippen LogP contribution in [0.25, 0.3) is 0 Å². The lowest BCUT2D eigenvalue weighted by Gasteiger charge is -2.17. The number of hydrogen-bond donors (Lipinski definition) is 2. The number of nitrogens with one attached hydrogen (secondary N) is 2. The van der Waals surface area contributed by atoms with Crippen molar-refractivity contribution >= 4 is 29.6 Å². The summed E-state index contributed by atoms with van der Waals surface area (Å²) in [6, 6.07) is 4.10. The van der Waals surface area contributed by atoms with Gasteiger partial charge in [-0.3, -0.25) is 28.9 Å². The van der Waals surface area contributed by atoms with Crippen LogP contribution in [0.2, 0.25) is 0 Å². The second-order valence-corrected chi connectivity index (χ2v) is 6.75. The third kappa shape index (κ3) is 5.40. The highest BCUT2D eigenvalue weighted by atomic mass is 16.5. The summed E-state index contributed by atoms with van der Waals surface area (Å²) in [4.78, 5) is 61.0. The van der Waals surface area contributed by atoms with Gasteiger partial charge in [-0.1, -0.05) is 0 Å². The summed E-state index contributed by atoms with van der Waals surface area (Å²) in [6.45, 7) is 5.82. The zero-order valence-corrected chi connectivity index (χ0v) is 16.7. The van der Waals surface area contributed by atoms with Gasteiger partial charge in [0, 0.05) is 31.1 Å². The fourth-order valence-corrected chi connectivity index (χ4v) is 2.89. The lowest BCUT2D eigenvalue weighted by Crippen LogP contribution is -2.36. The molecule has 0 aliphatic carbocycles. The van der Waals surface area contributed by atoms with Crippen LogP contribution in [0.5, 0.6) is 0 Å². The highest BCUT2D eigenvalue weighted by Gasteiger charge is 2.37. The molecule has 0 bridgehead atoms. The Bertz CT molecular complexity index is 834. The zero-order chi connectivity index (χ0) is 21.6. The van der Waals surface area contributed by atoms with Crippen molar-refractivity contribution < 1.29 is 28.7 Å². The van der Waals surface area contributed by atoms with E-state index in [1.54, 1.807) is 20.8 Å². The lowest BCUT2D eigenvalue weighted by atomic mass is 10.1. The van der Waals surface area contributed by atoms with Crippen LogP contribution < -0.4 is 10.6 Å². The largest absolute Gasteiger partial charge is 0.466 e. The maximum absolute atomic E-state index is 12.4. The Morgan fingerprint density at radius 1 is 1.00 bits per heavy atom. The molecule has 0 fully saturated rings. The smallest absolute Gasteiger partial charge is 0.306 e. The van der Waals surface area contributed by atoms with Gasteiger partial charge in [0.1, 0.15) is 0 Å². The molecule has 1 aliphatic heterocycles. The molecule has 0 atom stereocenters. The third-order valence-corrected chi connectivity index (χ3v) is 4.29. The number of nitrogens with zero attached hydrogens (tertiary/aromatic N) is 1. The summed E-state index contributed by atoms with van der Waals surface area (Å²) in [5, 5.41) is 5.23. The highest BCUT2D eigenvalue weighted by molar-refractivity contribution is 6.22. The predicted molar refractivity (Wildman–Crippen MR) is 103 cm³/mol. The zero-order valence-electron chi connectivity index (χ0n) is 16.7. The summed E-state index contributed by atoms with van der Waals surface area (Å²) in [5.74, 6) is -1.95. The standard InChI is InChI=1S/C20H25N3O6/c1-4-29-17(25)8-7-16(24)21-9-10-22-18(26)13-5-6-14-15(11-13)20(28)23(12(2)3)19(14)27/h5-6,11-12H,4,7-10H2,1-3H3,(H,21,24)(H,22,26). The van der Waals surface area contributed by atoms with Crippen molar-refractivity contribution in [2.75, 3.05) is 19.7 Å². The van der Waals surface area contributed by atoms with Crippen LogP contribution >= 0.6 is 0 Å². The molecule has 0 unspecified atom stereocenters. The molecule has 0 spiro atoms. The van der Waals surface area contributed by atoms with E-state index in [9.17, 15) is 24.0 Å². The second kappa shape index (κ2) is 9.81. The van der Waals surface area contributed by atoms with Gasteiger partial charge in [-0.05, 0) is 39.0 Å². The van der Waals surface area contributed by atoms with Crippen LogP contribution in [-0.4, -0.2) is 60.2 Å². The SMILES string of the molecule is CCOC(=O)CCC(=O)NCCNC(=O)c1ccc2c(c1)C(=O)N(C(C)C)C2=O. The quantitative estimate of drug-likeness (QED) is 0.359. The molecule has 9 heteroatoms. The summed E-state index contributed by atoms with van der Waals surface area (Å²) in [5.41, 5.74) is 0.752. The van der Waals surface area contributed by atoms with Crippen LogP contribution in [0.1, 0.15) is 64.7 Å². The number of esters is 1. The maximum atomic E-state index is 12.4. The molecule has 2 rings (SSSR count). The minimum Gasteiger partial charge on any atom is -0.466 e. The van der Waals surface area contributed by atoms with E-state index in [4.69, 9.17) is 4.74 Å². The molecule has 1 aliphatic rings. The highest BCUT2D eigenvalue weighted by Crippen LogP contribution is 2.25. The molecule has 0 radical (unpaired) electrons. The third-order valence-electron chi connectivity index (χ3n) is 4.29. The Labute approximate surface area is 168 Å². The van der Waals surface area contributed by atoms with Crippen molar-refractivity contribution in [1.29, 1.82) is 0 Å². The van der Waals surface area contributed by atoms with Crippen molar-refractivity contribution in [3.8, 4) is 0 Å². The van der Waals surface area contributed by atoms with Crippen LogP contribution in [0.15, 0.2) is 18.2 Å². The number of benzene rings is 1. The summed E-state index contributed by atoms with van der Waals surface area (Å²) in [6.07, 6.45) is 0.0153. The molecular weight excluding hydrogens is 378 g/mol. The number of carbonyl (C=O) groups is 5. The minimum absolute atomic E-state index is 0.00129. The van der Waals surface area contributed by atoms with Gasteiger partial charge in [0.05, 0.1) is 24.2 Å². The monoisotopic (exact) mass is 403 g/mol. The first-order chi connectivity index (χ1) is 13.8. The van der Waals surface area contributed by atoms with E-state index in [-0.39, 0.29) is 67.1 Å². The minimum atomic E-state index is -0.434. The van der Waals surface area contributed by atoms with Gasteiger partial charge in [0.2, 0.25) is 5.91 Å². The maximum Gasteiger partial charge on any atom is 0.306 e. The molecule has 1 heterocycles. The molecule has 156 valence electrons. The van der Waals surface area contributed by atoms with E-state index in [1.807, 2.05) is 0 Å². The molecule has 1 aromatic carbocycles. The molecule has 4 amide bonds. The Hall–Kier alpha value is -3.23. The van der Waals surface area contributed by atoms with Crippen molar-refractivity contribution in [3.63, 3.8) is 0 Å². The first-order valence-electron chi connectivity index (χ1n) is 9.48. The summed E-state index contributed by atoms with van der Waals surface area (Å²) in [7, 11) is 0. The van der Waals surface area contributed by atoms with Crippen molar-refractivity contribution in [3.05, 3.63) is 34.9 Å².